The Balaban J connectivity index is 1.82. The summed E-state index contributed by atoms with van der Waals surface area (Å²) in [6.45, 7) is 3.90. The van der Waals surface area contributed by atoms with Crippen molar-refractivity contribution in [3.05, 3.63) is 65.5 Å². The number of carbonyl (C=O) groups is 1. The Morgan fingerprint density at radius 1 is 1.12 bits per heavy atom. The molecule has 138 valence electrons. The maximum absolute atomic E-state index is 13.5. The third-order valence-electron chi connectivity index (χ3n) is 4.95. The Bertz CT molecular complexity index is 812. The van der Waals surface area contributed by atoms with Gasteiger partial charge in [-0.25, -0.2) is 4.39 Å². The van der Waals surface area contributed by atoms with Crippen LogP contribution in [0.2, 0.25) is 0 Å². The van der Waals surface area contributed by atoms with Crippen LogP contribution >= 0.6 is 0 Å². The minimum Gasteiger partial charge on any atom is -0.405 e. The van der Waals surface area contributed by atoms with E-state index in [1.165, 1.54) is 0 Å². The van der Waals surface area contributed by atoms with Crippen LogP contribution in [0.4, 0.5) is 17.6 Å². The van der Waals surface area contributed by atoms with Crippen molar-refractivity contribution < 1.29 is 27.1 Å². The lowest BCUT2D eigenvalue weighted by atomic mass is 10.0. The van der Waals surface area contributed by atoms with Crippen LogP contribution in [0.3, 0.4) is 0 Å². The molecule has 0 spiro atoms. The van der Waals surface area contributed by atoms with Gasteiger partial charge in [0, 0.05) is 17.9 Å². The van der Waals surface area contributed by atoms with Gasteiger partial charge in [-0.1, -0.05) is 44.2 Å². The summed E-state index contributed by atoms with van der Waals surface area (Å²) in [6.07, 6.45) is -5.21. The summed E-state index contributed by atoms with van der Waals surface area (Å²) in [5, 5.41) is 0. The largest absolute Gasteiger partial charge is 0.573 e. The van der Waals surface area contributed by atoms with Crippen molar-refractivity contribution in [3.63, 3.8) is 0 Å². The summed E-state index contributed by atoms with van der Waals surface area (Å²) in [4.78, 5) is 12.7. The van der Waals surface area contributed by atoms with Crippen molar-refractivity contribution in [2.24, 2.45) is 11.3 Å². The highest BCUT2D eigenvalue weighted by Crippen LogP contribution is 2.65. The van der Waals surface area contributed by atoms with Gasteiger partial charge in [-0.2, -0.15) is 0 Å². The molecule has 1 saturated carbocycles. The average molecular weight is 366 g/mol. The molecule has 1 aliphatic carbocycles. The first-order valence-electron chi connectivity index (χ1n) is 8.21. The van der Waals surface area contributed by atoms with Gasteiger partial charge in [0.05, 0.1) is 0 Å². The van der Waals surface area contributed by atoms with Gasteiger partial charge in [0.25, 0.3) is 0 Å². The molecule has 0 N–H and O–H groups in total. The van der Waals surface area contributed by atoms with Crippen molar-refractivity contribution in [1.29, 1.82) is 0 Å². The summed E-state index contributed by atoms with van der Waals surface area (Å²) in [6, 6.07) is 12.2. The molecule has 0 radical (unpaired) electrons. The summed E-state index contributed by atoms with van der Waals surface area (Å²) >= 11 is 0. The number of rotatable bonds is 5. The molecule has 0 aliphatic heterocycles. The third kappa shape index (κ3) is 3.74. The average Bonchev–Trinajstić information content (AvgIpc) is 3.12. The minimum atomic E-state index is -4.90. The first-order chi connectivity index (χ1) is 12.1. The fraction of sp³-hybridized carbons (Fsp3) is 0.350. The maximum Gasteiger partial charge on any atom is 0.573 e. The van der Waals surface area contributed by atoms with Crippen LogP contribution in [-0.4, -0.2) is 12.1 Å². The SMILES string of the molecule is CC1(C)[C@@H](C(=O)Cc2cc(F)ccc2OC(F)(F)F)[C@@H]1c1ccccc1. The standard InChI is InChI=1S/C20H18F4O2/c1-19(2)17(12-6-4-3-5-7-12)18(19)15(25)11-13-10-14(21)8-9-16(13)26-20(22,23)24/h3-10,17-18H,11H2,1-2H3/t17-,18-/m0/s1. The van der Waals surface area contributed by atoms with E-state index >= 15 is 0 Å². The van der Waals surface area contributed by atoms with Gasteiger partial charge in [-0.3, -0.25) is 4.79 Å². The second-order valence-corrected chi connectivity index (χ2v) is 7.13. The van der Waals surface area contributed by atoms with E-state index in [2.05, 4.69) is 4.74 Å². The summed E-state index contributed by atoms with van der Waals surface area (Å²) in [7, 11) is 0. The lowest BCUT2D eigenvalue weighted by molar-refractivity contribution is -0.274. The first-order valence-corrected chi connectivity index (χ1v) is 8.21. The molecule has 0 aromatic heterocycles. The fourth-order valence-electron chi connectivity index (χ4n) is 3.73. The van der Waals surface area contributed by atoms with Crippen molar-refractivity contribution in [2.45, 2.75) is 32.5 Å². The van der Waals surface area contributed by atoms with Crippen LogP contribution < -0.4 is 4.74 Å². The molecule has 0 unspecified atom stereocenters. The zero-order valence-electron chi connectivity index (χ0n) is 14.3. The van der Waals surface area contributed by atoms with E-state index in [4.69, 9.17) is 0 Å². The highest BCUT2D eigenvalue weighted by molar-refractivity contribution is 5.89. The normalized spacial score (nSPS) is 21.3. The minimum absolute atomic E-state index is 0.00302. The van der Waals surface area contributed by atoms with Crippen molar-refractivity contribution in [2.75, 3.05) is 0 Å². The summed E-state index contributed by atoms with van der Waals surface area (Å²) in [5.74, 6) is -1.80. The monoisotopic (exact) mass is 366 g/mol. The van der Waals surface area contributed by atoms with Crippen LogP contribution in [0.25, 0.3) is 0 Å². The van der Waals surface area contributed by atoms with E-state index in [1.54, 1.807) is 0 Å². The second kappa shape index (κ2) is 6.41. The van der Waals surface area contributed by atoms with Gasteiger partial charge in [-0.05, 0) is 35.1 Å². The first kappa shape index (κ1) is 18.4. The number of benzene rings is 2. The second-order valence-electron chi connectivity index (χ2n) is 7.13. The lowest BCUT2D eigenvalue weighted by Crippen LogP contribution is -2.19. The molecular weight excluding hydrogens is 348 g/mol. The molecule has 0 heterocycles. The van der Waals surface area contributed by atoms with E-state index < -0.39 is 17.9 Å². The summed E-state index contributed by atoms with van der Waals surface area (Å²) in [5.41, 5.74) is 0.625. The molecule has 2 aromatic carbocycles. The van der Waals surface area contributed by atoms with Gasteiger partial charge in [0.15, 0.2) is 0 Å². The van der Waals surface area contributed by atoms with Gasteiger partial charge < -0.3 is 4.74 Å². The lowest BCUT2D eigenvalue weighted by Gasteiger charge is -2.13. The van der Waals surface area contributed by atoms with E-state index in [0.29, 0.717) is 0 Å². The van der Waals surface area contributed by atoms with Crippen molar-refractivity contribution in [1.82, 2.24) is 0 Å². The highest BCUT2D eigenvalue weighted by Gasteiger charge is 2.61. The predicted molar refractivity (Wildman–Crippen MR) is 88.2 cm³/mol. The van der Waals surface area contributed by atoms with Crippen molar-refractivity contribution in [3.8, 4) is 5.75 Å². The van der Waals surface area contributed by atoms with Crippen LogP contribution in [0.5, 0.6) is 5.75 Å². The van der Waals surface area contributed by atoms with Crippen LogP contribution in [-0.2, 0) is 11.2 Å². The number of alkyl halides is 3. The molecule has 0 bridgehead atoms. The Morgan fingerprint density at radius 2 is 1.77 bits per heavy atom. The van der Waals surface area contributed by atoms with Crippen LogP contribution in [0, 0.1) is 17.2 Å². The molecule has 1 fully saturated rings. The molecule has 2 aromatic rings. The number of Topliss-reactive ketones (excluding diaryl/α,β-unsaturated/α-hetero) is 1. The molecule has 6 heteroatoms. The van der Waals surface area contributed by atoms with E-state index in [1.807, 2.05) is 44.2 Å². The van der Waals surface area contributed by atoms with E-state index in [0.717, 1.165) is 23.8 Å². The summed E-state index contributed by atoms with van der Waals surface area (Å²) < 4.78 is 55.0. The molecule has 0 saturated heterocycles. The van der Waals surface area contributed by atoms with E-state index in [9.17, 15) is 22.4 Å². The Labute approximate surface area is 148 Å². The van der Waals surface area contributed by atoms with Gasteiger partial charge in [0.2, 0.25) is 0 Å². The van der Waals surface area contributed by atoms with Crippen LogP contribution in [0.1, 0.15) is 30.9 Å². The zero-order valence-corrected chi connectivity index (χ0v) is 14.3. The van der Waals surface area contributed by atoms with Crippen molar-refractivity contribution >= 4 is 5.78 Å². The van der Waals surface area contributed by atoms with Gasteiger partial charge in [0.1, 0.15) is 17.3 Å². The number of carbonyl (C=O) groups excluding carboxylic acids is 1. The highest BCUT2D eigenvalue weighted by atomic mass is 19.4. The van der Waals surface area contributed by atoms with Gasteiger partial charge >= 0.3 is 6.36 Å². The molecule has 2 nitrogen and oxygen atoms in total. The molecule has 0 amide bonds. The number of ether oxygens (including phenoxy) is 1. The van der Waals surface area contributed by atoms with Gasteiger partial charge in [-0.15, -0.1) is 13.2 Å². The quantitative estimate of drug-likeness (QED) is 0.674. The zero-order chi connectivity index (χ0) is 19.1. The van der Waals surface area contributed by atoms with Crippen LogP contribution in [0.15, 0.2) is 48.5 Å². The number of halogens is 4. The number of hydrogen-bond acceptors (Lipinski definition) is 2. The number of hydrogen-bond donors (Lipinski definition) is 0. The fourth-order valence-corrected chi connectivity index (χ4v) is 3.73. The topological polar surface area (TPSA) is 26.3 Å². The Kier molecular flexibility index (Phi) is 4.54. The number of ketones is 1. The maximum atomic E-state index is 13.5. The molecule has 3 rings (SSSR count). The Morgan fingerprint density at radius 3 is 2.38 bits per heavy atom. The Hall–Kier alpha value is -2.37. The molecule has 2 atom stereocenters. The predicted octanol–water partition coefficient (Wildman–Crippen LogP) is 5.28. The van der Waals surface area contributed by atoms with E-state index in [-0.39, 0.29) is 35.0 Å². The molecule has 1 aliphatic rings. The molecule has 26 heavy (non-hydrogen) atoms. The smallest absolute Gasteiger partial charge is 0.405 e. The molecular formula is C20H18F4O2. The third-order valence-corrected chi connectivity index (χ3v) is 4.95.